The number of para-hydroxylation sites is 1. The third-order valence-electron chi connectivity index (χ3n) is 2.45. The summed E-state index contributed by atoms with van der Waals surface area (Å²) in [6.07, 6.45) is 0.836. The van der Waals surface area contributed by atoms with Crippen molar-refractivity contribution >= 4 is 0 Å². The van der Waals surface area contributed by atoms with Crippen LogP contribution in [0, 0.1) is 0 Å². The Morgan fingerprint density at radius 3 is 2.81 bits per heavy atom. The summed E-state index contributed by atoms with van der Waals surface area (Å²) in [6.45, 7) is 6.43. The Labute approximate surface area is 97.4 Å². The molecule has 0 fully saturated rings. The molecule has 0 saturated carbocycles. The molecule has 0 spiro atoms. The summed E-state index contributed by atoms with van der Waals surface area (Å²) >= 11 is 0. The highest BCUT2D eigenvalue weighted by atomic mass is 16.5. The van der Waals surface area contributed by atoms with Gasteiger partial charge in [-0.15, -0.1) is 0 Å². The van der Waals surface area contributed by atoms with Crippen LogP contribution >= 0.6 is 0 Å². The molecule has 0 saturated heterocycles. The molecule has 1 rings (SSSR count). The fourth-order valence-corrected chi connectivity index (χ4v) is 1.53. The second kappa shape index (κ2) is 7.25. The summed E-state index contributed by atoms with van der Waals surface area (Å²) < 4.78 is 5.31. The zero-order chi connectivity index (χ0) is 11.8. The van der Waals surface area contributed by atoms with Crippen molar-refractivity contribution in [3.8, 4) is 5.75 Å². The van der Waals surface area contributed by atoms with Crippen molar-refractivity contribution in [3.63, 3.8) is 0 Å². The van der Waals surface area contributed by atoms with Crippen LogP contribution in [0.1, 0.15) is 19.4 Å². The lowest BCUT2D eigenvalue weighted by Crippen LogP contribution is -2.32. The lowest BCUT2D eigenvalue weighted by molar-refractivity contribution is 0.127. The van der Waals surface area contributed by atoms with Crippen molar-refractivity contribution in [2.75, 3.05) is 19.8 Å². The van der Waals surface area contributed by atoms with Crippen LogP contribution in [0.4, 0.5) is 0 Å². The number of hydrogen-bond acceptors (Lipinski definition) is 3. The maximum Gasteiger partial charge on any atom is 0.118 e. The Hall–Kier alpha value is -1.06. The second-order valence-corrected chi connectivity index (χ2v) is 3.89. The van der Waals surface area contributed by atoms with E-state index in [-0.39, 0.29) is 0 Å². The van der Waals surface area contributed by atoms with Gasteiger partial charge in [-0.25, -0.2) is 0 Å². The molecule has 16 heavy (non-hydrogen) atoms. The van der Waals surface area contributed by atoms with Gasteiger partial charge in [0.05, 0.1) is 6.61 Å². The zero-order valence-corrected chi connectivity index (χ0v) is 10.1. The average Bonchev–Trinajstić information content (AvgIpc) is 2.29. The summed E-state index contributed by atoms with van der Waals surface area (Å²) in [5.41, 5.74) is 0.985. The molecule has 1 atom stereocenters. The van der Waals surface area contributed by atoms with E-state index in [2.05, 4.69) is 12.2 Å². The molecule has 3 heteroatoms. The molecule has 1 aromatic carbocycles. The van der Waals surface area contributed by atoms with Crippen molar-refractivity contribution in [3.05, 3.63) is 29.8 Å². The van der Waals surface area contributed by atoms with E-state index >= 15 is 0 Å². The van der Waals surface area contributed by atoms with Gasteiger partial charge in [0.2, 0.25) is 0 Å². The zero-order valence-electron chi connectivity index (χ0n) is 10.1. The first-order valence-corrected chi connectivity index (χ1v) is 5.82. The Balaban J connectivity index is 2.23. The molecule has 0 heterocycles. The van der Waals surface area contributed by atoms with Gasteiger partial charge in [0.25, 0.3) is 0 Å². The lowest BCUT2D eigenvalue weighted by atomic mass is 10.1. The van der Waals surface area contributed by atoms with Gasteiger partial charge < -0.3 is 15.2 Å². The third-order valence-corrected chi connectivity index (χ3v) is 2.45. The molecule has 0 aliphatic rings. The summed E-state index contributed by atoms with van der Waals surface area (Å²) in [4.78, 5) is 0. The van der Waals surface area contributed by atoms with Crippen LogP contribution in [0.3, 0.4) is 0 Å². The number of nitrogens with one attached hydrogen (secondary N) is 1. The van der Waals surface area contributed by atoms with Crippen LogP contribution in [-0.2, 0) is 11.2 Å². The predicted octanol–water partition coefficient (Wildman–Crippen LogP) is 1.95. The van der Waals surface area contributed by atoms with Crippen LogP contribution < -0.4 is 5.32 Å². The lowest BCUT2D eigenvalue weighted by Gasteiger charge is -2.13. The van der Waals surface area contributed by atoms with Crippen LogP contribution in [-0.4, -0.2) is 30.9 Å². The number of phenolic OH excluding ortho intramolecular Hbond substituents is 1. The number of rotatable bonds is 7. The highest BCUT2D eigenvalue weighted by Crippen LogP contribution is 2.15. The van der Waals surface area contributed by atoms with Crippen molar-refractivity contribution in [1.29, 1.82) is 0 Å². The normalized spacial score (nSPS) is 12.6. The molecule has 0 aliphatic heterocycles. The minimum absolute atomic E-state index is 0.353. The fourth-order valence-electron chi connectivity index (χ4n) is 1.53. The van der Waals surface area contributed by atoms with Crippen LogP contribution in [0.2, 0.25) is 0 Å². The van der Waals surface area contributed by atoms with Crippen molar-refractivity contribution in [1.82, 2.24) is 5.32 Å². The largest absolute Gasteiger partial charge is 0.508 e. The first-order valence-electron chi connectivity index (χ1n) is 5.82. The van der Waals surface area contributed by atoms with Gasteiger partial charge in [-0.05, 0) is 38.4 Å². The fraction of sp³-hybridized carbons (Fsp3) is 0.538. The Morgan fingerprint density at radius 2 is 2.12 bits per heavy atom. The summed E-state index contributed by atoms with van der Waals surface area (Å²) in [6, 6.07) is 7.80. The average molecular weight is 223 g/mol. The molecule has 0 aliphatic carbocycles. The quantitative estimate of drug-likeness (QED) is 0.742. The number of hydrogen-bond donors (Lipinski definition) is 2. The molecule has 0 amide bonds. The highest BCUT2D eigenvalue weighted by Gasteiger charge is 2.02. The molecule has 0 bridgehead atoms. The molecular formula is C13H21NO2. The van der Waals surface area contributed by atoms with Crippen molar-refractivity contribution < 1.29 is 9.84 Å². The molecule has 2 N–H and O–H groups in total. The van der Waals surface area contributed by atoms with Crippen LogP contribution in [0.5, 0.6) is 5.75 Å². The molecule has 3 nitrogen and oxygen atoms in total. The Morgan fingerprint density at radius 1 is 1.38 bits per heavy atom. The molecule has 90 valence electrons. The van der Waals surface area contributed by atoms with Crippen molar-refractivity contribution in [2.45, 2.75) is 26.3 Å². The monoisotopic (exact) mass is 223 g/mol. The highest BCUT2D eigenvalue weighted by molar-refractivity contribution is 5.31. The second-order valence-electron chi connectivity index (χ2n) is 3.89. The molecule has 1 unspecified atom stereocenters. The molecule has 1 aromatic rings. The summed E-state index contributed by atoms with van der Waals surface area (Å²) in [5, 5.41) is 12.9. The Bertz CT molecular complexity index is 302. The van der Waals surface area contributed by atoms with E-state index in [9.17, 15) is 5.11 Å². The maximum atomic E-state index is 9.56. The van der Waals surface area contributed by atoms with E-state index in [0.29, 0.717) is 11.8 Å². The molecule has 0 radical (unpaired) electrons. The van der Waals surface area contributed by atoms with Crippen LogP contribution in [0.15, 0.2) is 24.3 Å². The third kappa shape index (κ3) is 4.64. The SMILES string of the molecule is CCOCC(C)NCCc1ccccc1O. The summed E-state index contributed by atoms with van der Waals surface area (Å²) in [7, 11) is 0. The van der Waals surface area contributed by atoms with Gasteiger partial charge in [-0.2, -0.15) is 0 Å². The minimum Gasteiger partial charge on any atom is -0.508 e. The van der Waals surface area contributed by atoms with Gasteiger partial charge in [0.15, 0.2) is 0 Å². The van der Waals surface area contributed by atoms with E-state index in [1.54, 1.807) is 6.07 Å². The van der Waals surface area contributed by atoms with Crippen LogP contribution in [0.25, 0.3) is 0 Å². The van der Waals surface area contributed by atoms with E-state index < -0.39 is 0 Å². The van der Waals surface area contributed by atoms with E-state index in [0.717, 1.165) is 31.7 Å². The summed E-state index contributed by atoms with van der Waals surface area (Å²) in [5.74, 6) is 0.377. The van der Waals surface area contributed by atoms with Gasteiger partial charge in [-0.3, -0.25) is 0 Å². The van der Waals surface area contributed by atoms with Gasteiger partial charge >= 0.3 is 0 Å². The van der Waals surface area contributed by atoms with E-state index in [1.165, 1.54) is 0 Å². The minimum atomic E-state index is 0.353. The maximum absolute atomic E-state index is 9.56. The molecule has 0 aromatic heterocycles. The van der Waals surface area contributed by atoms with Gasteiger partial charge in [0.1, 0.15) is 5.75 Å². The molecular weight excluding hydrogens is 202 g/mol. The smallest absolute Gasteiger partial charge is 0.118 e. The number of phenols is 1. The van der Waals surface area contributed by atoms with Gasteiger partial charge in [0, 0.05) is 12.6 Å². The predicted molar refractivity (Wildman–Crippen MR) is 65.8 cm³/mol. The van der Waals surface area contributed by atoms with Crippen molar-refractivity contribution in [2.24, 2.45) is 0 Å². The topological polar surface area (TPSA) is 41.5 Å². The number of aromatic hydroxyl groups is 1. The number of benzene rings is 1. The van der Waals surface area contributed by atoms with E-state index in [1.807, 2.05) is 25.1 Å². The number of ether oxygens (including phenoxy) is 1. The van der Waals surface area contributed by atoms with Gasteiger partial charge in [-0.1, -0.05) is 18.2 Å². The Kier molecular flexibility index (Phi) is 5.90. The first kappa shape index (κ1) is 13.0. The standard InChI is InChI=1S/C13H21NO2/c1-3-16-10-11(2)14-9-8-12-6-4-5-7-13(12)15/h4-7,11,14-15H,3,8-10H2,1-2H3. The van der Waals surface area contributed by atoms with E-state index in [4.69, 9.17) is 4.74 Å². The first-order chi connectivity index (χ1) is 7.74.